The molecular weight excluding hydrogens is 400 g/mol. The van der Waals surface area contributed by atoms with E-state index in [2.05, 4.69) is 0 Å². The van der Waals surface area contributed by atoms with Gasteiger partial charge in [0.25, 0.3) is 11.6 Å². The molecule has 0 aliphatic carbocycles. The first kappa shape index (κ1) is 19.7. The van der Waals surface area contributed by atoms with Crippen LogP contribution in [0, 0.1) is 10.1 Å². The SMILES string of the molecule is O=C(O)[C@@H](Cc1ccccc1)N1C(=O)/C(=C\c2ccccc2[N+](=O)[O-])SC1=S. The van der Waals surface area contributed by atoms with Crippen molar-refractivity contribution in [3.05, 3.63) is 80.7 Å². The molecule has 1 amide bonds. The highest BCUT2D eigenvalue weighted by Gasteiger charge is 2.40. The van der Waals surface area contributed by atoms with Gasteiger partial charge in [-0.1, -0.05) is 66.4 Å². The molecule has 2 aromatic rings. The molecule has 0 saturated carbocycles. The number of carbonyl (C=O) groups is 2. The van der Waals surface area contributed by atoms with Crippen molar-refractivity contribution in [2.75, 3.05) is 0 Å². The fourth-order valence-corrected chi connectivity index (χ4v) is 4.14. The number of para-hydroxylation sites is 1. The normalized spacial score (nSPS) is 16.4. The Hall–Kier alpha value is -3.04. The van der Waals surface area contributed by atoms with Crippen LogP contribution in [0.2, 0.25) is 0 Å². The summed E-state index contributed by atoms with van der Waals surface area (Å²) < 4.78 is 0.109. The molecule has 2 aromatic carbocycles. The lowest BCUT2D eigenvalue weighted by Gasteiger charge is -2.23. The monoisotopic (exact) mass is 414 g/mol. The number of thioether (sulfide) groups is 1. The van der Waals surface area contributed by atoms with Gasteiger partial charge in [0.05, 0.1) is 15.4 Å². The Morgan fingerprint density at radius 2 is 1.86 bits per heavy atom. The molecule has 0 aromatic heterocycles. The minimum atomic E-state index is -1.17. The number of thiocarbonyl (C=S) groups is 1. The predicted octanol–water partition coefficient (Wildman–Crippen LogP) is 3.49. The van der Waals surface area contributed by atoms with Gasteiger partial charge in [0.1, 0.15) is 10.4 Å². The van der Waals surface area contributed by atoms with E-state index in [9.17, 15) is 24.8 Å². The summed E-state index contributed by atoms with van der Waals surface area (Å²) in [5.41, 5.74) is 0.862. The number of nitro groups is 1. The number of rotatable bonds is 6. The highest BCUT2D eigenvalue weighted by molar-refractivity contribution is 8.26. The molecule has 1 aliphatic heterocycles. The number of aliphatic carboxylic acids is 1. The summed E-state index contributed by atoms with van der Waals surface area (Å²) in [6.45, 7) is 0. The number of nitrogens with zero attached hydrogens (tertiary/aromatic N) is 2. The van der Waals surface area contributed by atoms with Crippen LogP contribution in [0.15, 0.2) is 59.5 Å². The van der Waals surface area contributed by atoms with Crippen molar-refractivity contribution in [2.45, 2.75) is 12.5 Å². The van der Waals surface area contributed by atoms with E-state index in [4.69, 9.17) is 12.2 Å². The number of amides is 1. The van der Waals surface area contributed by atoms with E-state index >= 15 is 0 Å². The number of benzene rings is 2. The highest BCUT2D eigenvalue weighted by atomic mass is 32.2. The van der Waals surface area contributed by atoms with Gasteiger partial charge in [0.15, 0.2) is 0 Å². The average Bonchev–Trinajstić information content (AvgIpc) is 2.94. The number of carboxylic acids is 1. The summed E-state index contributed by atoms with van der Waals surface area (Å²) in [7, 11) is 0. The molecule has 28 heavy (non-hydrogen) atoms. The molecular formula is C19H14N2O5S2. The molecule has 1 N–H and O–H groups in total. The maximum absolute atomic E-state index is 12.9. The number of hydrogen-bond acceptors (Lipinski definition) is 6. The number of nitro benzene ring substituents is 1. The van der Waals surface area contributed by atoms with Crippen molar-refractivity contribution in [1.82, 2.24) is 4.90 Å². The van der Waals surface area contributed by atoms with Crippen molar-refractivity contribution in [3.63, 3.8) is 0 Å². The Bertz CT molecular complexity index is 991. The number of carboxylic acid groups (broad SMARTS) is 1. The quantitative estimate of drug-likeness (QED) is 0.334. The summed E-state index contributed by atoms with van der Waals surface area (Å²) in [5.74, 6) is -1.75. The molecule has 1 heterocycles. The van der Waals surface area contributed by atoms with Gasteiger partial charge in [0.2, 0.25) is 0 Å². The van der Waals surface area contributed by atoms with Gasteiger partial charge in [-0.2, -0.15) is 0 Å². The van der Waals surface area contributed by atoms with E-state index in [0.29, 0.717) is 0 Å². The van der Waals surface area contributed by atoms with Crippen LogP contribution in [0.25, 0.3) is 6.08 Å². The summed E-state index contributed by atoms with van der Waals surface area (Å²) >= 11 is 6.17. The second-order valence-electron chi connectivity index (χ2n) is 5.91. The fourth-order valence-electron chi connectivity index (χ4n) is 2.79. The van der Waals surface area contributed by atoms with Crippen molar-refractivity contribution >= 4 is 51.9 Å². The highest BCUT2D eigenvalue weighted by Crippen LogP contribution is 2.36. The standard InChI is InChI=1S/C19H14N2O5S2/c22-17-16(11-13-8-4-5-9-14(13)21(25)26)28-19(27)20(17)15(18(23)24)10-12-6-2-1-3-7-12/h1-9,11,15H,10H2,(H,23,24)/b16-11+/t15-/m1/s1. The smallest absolute Gasteiger partial charge is 0.327 e. The molecule has 1 aliphatic rings. The third kappa shape index (κ3) is 4.10. The van der Waals surface area contributed by atoms with Gasteiger partial charge in [-0.25, -0.2) is 4.79 Å². The maximum Gasteiger partial charge on any atom is 0.327 e. The minimum Gasteiger partial charge on any atom is -0.480 e. The zero-order valence-corrected chi connectivity index (χ0v) is 16.0. The molecule has 1 saturated heterocycles. The second kappa shape index (κ2) is 8.32. The van der Waals surface area contributed by atoms with Crippen LogP contribution in [0.1, 0.15) is 11.1 Å². The summed E-state index contributed by atoms with van der Waals surface area (Å²) in [6, 6.07) is 13.8. The largest absolute Gasteiger partial charge is 0.480 e. The lowest BCUT2D eigenvalue weighted by atomic mass is 10.0. The predicted molar refractivity (Wildman–Crippen MR) is 110 cm³/mol. The summed E-state index contributed by atoms with van der Waals surface area (Å²) in [4.78, 5) is 36.5. The lowest BCUT2D eigenvalue weighted by Crippen LogP contribution is -2.45. The molecule has 9 heteroatoms. The topological polar surface area (TPSA) is 101 Å². The Morgan fingerprint density at radius 3 is 2.50 bits per heavy atom. The molecule has 0 spiro atoms. The van der Waals surface area contributed by atoms with Crippen LogP contribution in [0.3, 0.4) is 0 Å². The molecule has 7 nitrogen and oxygen atoms in total. The fraction of sp³-hybridized carbons (Fsp3) is 0.105. The van der Waals surface area contributed by atoms with E-state index in [-0.39, 0.29) is 26.9 Å². The Balaban J connectivity index is 1.92. The number of hydrogen-bond donors (Lipinski definition) is 1. The van der Waals surface area contributed by atoms with Crippen LogP contribution in [0.5, 0.6) is 0 Å². The minimum absolute atomic E-state index is 0.0986. The Labute approximate surface area is 169 Å². The molecule has 0 unspecified atom stereocenters. The van der Waals surface area contributed by atoms with Crippen molar-refractivity contribution in [3.8, 4) is 0 Å². The Morgan fingerprint density at radius 1 is 1.21 bits per heavy atom. The molecule has 1 fully saturated rings. The van der Waals surface area contributed by atoms with Crippen molar-refractivity contribution in [2.24, 2.45) is 0 Å². The first-order valence-electron chi connectivity index (χ1n) is 8.15. The molecule has 0 bridgehead atoms. The van der Waals surface area contributed by atoms with E-state index in [1.165, 1.54) is 24.3 Å². The van der Waals surface area contributed by atoms with Gasteiger partial charge in [-0.3, -0.25) is 19.8 Å². The van der Waals surface area contributed by atoms with Gasteiger partial charge >= 0.3 is 5.97 Å². The van der Waals surface area contributed by atoms with Gasteiger partial charge in [-0.15, -0.1) is 0 Å². The van der Waals surface area contributed by atoms with E-state index in [1.54, 1.807) is 30.3 Å². The summed E-state index contributed by atoms with van der Waals surface area (Å²) in [5, 5.41) is 20.8. The average molecular weight is 414 g/mol. The zero-order valence-electron chi connectivity index (χ0n) is 14.3. The molecule has 142 valence electrons. The van der Waals surface area contributed by atoms with Crippen LogP contribution < -0.4 is 0 Å². The van der Waals surface area contributed by atoms with Gasteiger partial charge in [-0.05, 0) is 17.7 Å². The first-order chi connectivity index (χ1) is 13.4. The maximum atomic E-state index is 12.9. The van der Waals surface area contributed by atoms with Crippen molar-refractivity contribution in [1.29, 1.82) is 0 Å². The van der Waals surface area contributed by atoms with Crippen LogP contribution >= 0.6 is 24.0 Å². The first-order valence-corrected chi connectivity index (χ1v) is 9.38. The molecule has 1 atom stereocenters. The number of carbonyl (C=O) groups excluding carboxylic acids is 1. The van der Waals surface area contributed by atoms with Gasteiger partial charge < -0.3 is 5.11 Å². The third-order valence-corrected chi connectivity index (χ3v) is 5.44. The van der Waals surface area contributed by atoms with Crippen molar-refractivity contribution < 1.29 is 19.6 Å². The van der Waals surface area contributed by atoms with Gasteiger partial charge in [0, 0.05) is 12.5 Å². The van der Waals surface area contributed by atoms with E-state index in [0.717, 1.165) is 22.2 Å². The summed E-state index contributed by atoms with van der Waals surface area (Å²) in [6.07, 6.45) is 1.47. The van der Waals surface area contributed by atoms with Crippen LogP contribution in [-0.2, 0) is 16.0 Å². The zero-order chi connectivity index (χ0) is 20.3. The van der Waals surface area contributed by atoms with E-state index < -0.39 is 22.8 Å². The van der Waals surface area contributed by atoms with Crippen LogP contribution in [0.4, 0.5) is 5.69 Å². The third-order valence-electron chi connectivity index (χ3n) is 4.11. The molecule has 3 rings (SSSR count). The Kier molecular flexibility index (Phi) is 5.86. The van der Waals surface area contributed by atoms with E-state index in [1.807, 2.05) is 6.07 Å². The van der Waals surface area contributed by atoms with Crippen LogP contribution in [-0.4, -0.2) is 37.2 Å². The molecule has 0 radical (unpaired) electrons. The lowest BCUT2D eigenvalue weighted by molar-refractivity contribution is -0.385. The second-order valence-corrected chi connectivity index (χ2v) is 7.59.